The maximum Gasteiger partial charge on any atom is 0.0507 e. The smallest absolute Gasteiger partial charge is 0.0507 e. The Morgan fingerprint density at radius 2 is 1.95 bits per heavy atom. The Morgan fingerprint density at radius 3 is 2.47 bits per heavy atom. The molecule has 0 heterocycles. The summed E-state index contributed by atoms with van der Waals surface area (Å²) in [4.78, 5) is 2.40. The molecule has 3 atom stereocenters. The van der Waals surface area contributed by atoms with Gasteiger partial charge in [-0.15, -0.1) is 0 Å². The van der Waals surface area contributed by atoms with Gasteiger partial charge >= 0.3 is 0 Å². The molecule has 0 spiro atoms. The average Bonchev–Trinajstić information content (AvgIpc) is 2.38. The van der Waals surface area contributed by atoms with Crippen LogP contribution in [0.15, 0.2) is 28.7 Å². The van der Waals surface area contributed by atoms with Crippen molar-refractivity contribution in [2.24, 2.45) is 5.73 Å². The van der Waals surface area contributed by atoms with Crippen LogP contribution in [0.5, 0.6) is 0 Å². The number of nitrogens with two attached hydrogens (primary N) is 1. The molecule has 2 nitrogen and oxygen atoms in total. The second-order valence-electron chi connectivity index (χ2n) is 5.12. The quantitative estimate of drug-likeness (QED) is 0.812. The predicted molar refractivity (Wildman–Crippen MR) is 90.8 cm³/mol. The first-order valence-corrected chi connectivity index (χ1v) is 8.88. The summed E-state index contributed by atoms with van der Waals surface area (Å²) < 4.78 is 1.14. The zero-order chi connectivity index (χ0) is 14.4. The zero-order valence-corrected chi connectivity index (χ0v) is 14.7. The molecule has 0 fully saturated rings. The number of thioether (sulfide) groups is 1. The molecule has 0 aliphatic carbocycles. The van der Waals surface area contributed by atoms with E-state index in [0.29, 0.717) is 6.04 Å². The maximum absolute atomic E-state index is 6.24. The van der Waals surface area contributed by atoms with Gasteiger partial charge in [-0.2, -0.15) is 11.8 Å². The van der Waals surface area contributed by atoms with Crippen molar-refractivity contribution in [1.29, 1.82) is 0 Å². The van der Waals surface area contributed by atoms with Crippen LogP contribution in [-0.2, 0) is 0 Å². The van der Waals surface area contributed by atoms with E-state index in [1.807, 2.05) is 17.8 Å². The molecule has 19 heavy (non-hydrogen) atoms. The SMILES string of the molecule is CSCCC(C)N(C)C(c1ccccc1Br)C(C)N. The highest BCUT2D eigenvalue weighted by atomic mass is 79.9. The fraction of sp³-hybridized carbons (Fsp3) is 0.600. The Morgan fingerprint density at radius 1 is 1.32 bits per heavy atom. The van der Waals surface area contributed by atoms with Gasteiger partial charge in [0.05, 0.1) is 6.04 Å². The third-order valence-corrected chi connectivity index (χ3v) is 4.96. The minimum Gasteiger partial charge on any atom is -0.326 e. The fourth-order valence-electron chi connectivity index (χ4n) is 2.35. The van der Waals surface area contributed by atoms with Gasteiger partial charge in [-0.3, -0.25) is 4.90 Å². The number of hydrogen-bond acceptors (Lipinski definition) is 3. The molecule has 0 radical (unpaired) electrons. The molecule has 3 unspecified atom stereocenters. The topological polar surface area (TPSA) is 29.3 Å². The van der Waals surface area contributed by atoms with E-state index in [-0.39, 0.29) is 12.1 Å². The van der Waals surface area contributed by atoms with Crippen molar-refractivity contribution in [2.45, 2.75) is 38.4 Å². The van der Waals surface area contributed by atoms with E-state index < -0.39 is 0 Å². The van der Waals surface area contributed by atoms with E-state index in [4.69, 9.17) is 5.73 Å². The van der Waals surface area contributed by atoms with E-state index >= 15 is 0 Å². The molecular weight excluding hydrogens is 320 g/mol. The first-order valence-electron chi connectivity index (χ1n) is 6.70. The van der Waals surface area contributed by atoms with Crippen LogP contribution in [-0.4, -0.2) is 36.0 Å². The summed E-state index contributed by atoms with van der Waals surface area (Å²) in [5.74, 6) is 1.19. The van der Waals surface area contributed by atoms with Gasteiger partial charge in [-0.05, 0) is 51.0 Å². The minimum absolute atomic E-state index is 0.0976. The number of nitrogens with zero attached hydrogens (tertiary/aromatic N) is 1. The normalized spacial score (nSPS) is 16.4. The lowest BCUT2D eigenvalue weighted by Crippen LogP contribution is -2.42. The van der Waals surface area contributed by atoms with Crippen molar-refractivity contribution >= 4 is 27.7 Å². The van der Waals surface area contributed by atoms with E-state index in [9.17, 15) is 0 Å². The summed E-state index contributed by atoms with van der Waals surface area (Å²) in [6.45, 7) is 4.37. The van der Waals surface area contributed by atoms with Gasteiger partial charge < -0.3 is 5.73 Å². The van der Waals surface area contributed by atoms with Crippen molar-refractivity contribution in [3.63, 3.8) is 0 Å². The number of rotatable bonds is 7. The lowest BCUT2D eigenvalue weighted by atomic mass is 9.98. The van der Waals surface area contributed by atoms with Crippen molar-refractivity contribution in [3.05, 3.63) is 34.3 Å². The van der Waals surface area contributed by atoms with Gasteiger partial charge in [0.2, 0.25) is 0 Å². The van der Waals surface area contributed by atoms with Gasteiger partial charge in [0, 0.05) is 16.6 Å². The van der Waals surface area contributed by atoms with Gasteiger partial charge in [-0.1, -0.05) is 34.1 Å². The second-order valence-corrected chi connectivity index (χ2v) is 6.96. The number of likely N-dealkylation sites (N-methyl/N-ethyl adjacent to an activating group) is 1. The molecule has 4 heteroatoms. The summed E-state index contributed by atoms with van der Waals surface area (Å²) in [7, 11) is 2.18. The maximum atomic E-state index is 6.24. The van der Waals surface area contributed by atoms with Crippen LogP contribution < -0.4 is 5.73 Å². The fourth-order valence-corrected chi connectivity index (χ4v) is 3.45. The monoisotopic (exact) mass is 344 g/mol. The molecule has 0 aromatic heterocycles. The summed E-state index contributed by atoms with van der Waals surface area (Å²) >= 11 is 5.55. The summed E-state index contributed by atoms with van der Waals surface area (Å²) in [6.07, 6.45) is 3.34. The van der Waals surface area contributed by atoms with Gasteiger partial charge in [0.25, 0.3) is 0 Å². The molecule has 0 amide bonds. The summed E-state index contributed by atoms with van der Waals surface area (Å²) in [5.41, 5.74) is 7.51. The van der Waals surface area contributed by atoms with Gasteiger partial charge in [0.1, 0.15) is 0 Å². The standard InChI is InChI=1S/C15H25BrN2S/c1-11(9-10-19-4)18(3)15(12(2)17)13-7-5-6-8-14(13)16/h5-8,11-12,15H,9-10,17H2,1-4H3. The first kappa shape index (κ1) is 17.0. The number of halogens is 1. The Labute approximate surface area is 130 Å². The highest BCUT2D eigenvalue weighted by Gasteiger charge is 2.26. The second kappa shape index (κ2) is 8.30. The molecular formula is C15H25BrN2S. The van der Waals surface area contributed by atoms with Crippen LogP contribution in [0, 0.1) is 0 Å². The molecule has 108 valence electrons. The van der Waals surface area contributed by atoms with Crippen LogP contribution in [0.4, 0.5) is 0 Å². The van der Waals surface area contributed by atoms with E-state index in [2.05, 4.69) is 66.2 Å². The largest absolute Gasteiger partial charge is 0.326 e. The lowest BCUT2D eigenvalue weighted by Gasteiger charge is -2.36. The minimum atomic E-state index is 0.0976. The van der Waals surface area contributed by atoms with Gasteiger partial charge in [0.15, 0.2) is 0 Å². The Hall–Kier alpha value is -0.0300. The van der Waals surface area contributed by atoms with Crippen LogP contribution >= 0.6 is 27.7 Å². The third-order valence-electron chi connectivity index (χ3n) is 3.60. The Kier molecular flexibility index (Phi) is 7.44. The average molecular weight is 345 g/mol. The first-order chi connectivity index (χ1) is 8.99. The van der Waals surface area contributed by atoms with Crippen molar-refractivity contribution < 1.29 is 0 Å². The molecule has 0 aliphatic rings. The predicted octanol–water partition coefficient (Wildman–Crippen LogP) is 3.91. The van der Waals surface area contributed by atoms with Crippen LogP contribution in [0.1, 0.15) is 31.9 Å². The molecule has 2 N–H and O–H groups in total. The van der Waals surface area contributed by atoms with Crippen molar-refractivity contribution in [3.8, 4) is 0 Å². The van der Waals surface area contributed by atoms with Crippen LogP contribution in [0.3, 0.4) is 0 Å². The Bertz CT molecular complexity index is 384. The molecule has 0 saturated carbocycles. The molecule has 1 aromatic rings. The van der Waals surface area contributed by atoms with E-state index in [1.165, 1.54) is 17.7 Å². The zero-order valence-electron chi connectivity index (χ0n) is 12.3. The number of benzene rings is 1. The molecule has 1 rings (SSSR count). The van der Waals surface area contributed by atoms with Crippen LogP contribution in [0.25, 0.3) is 0 Å². The Balaban J connectivity index is 2.92. The van der Waals surface area contributed by atoms with E-state index in [0.717, 1.165) is 4.47 Å². The van der Waals surface area contributed by atoms with Crippen molar-refractivity contribution in [2.75, 3.05) is 19.1 Å². The summed E-state index contributed by atoms with van der Waals surface area (Å²) in [5, 5.41) is 0. The van der Waals surface area contributed by atoms with E-state index in [1.54, 1.807) is 0 Å². The highest BCUT2D eigenvalue weighted by molar-refractivity contribution is 9.10. The van der Waals surface area contributed by atoms with Crippen LogP contribution in [0.2, 0.25) is 0 Å². The lowest BCUT2D eigenvalue weighted by molar-refractivity contribution is 0.161. The number of hydrogen-bond donors (Lipinski definition) is 1. The molecule has 0 aliphatic heterocycles. The summed E-state index contributed by atoms with van der Waals surface area (Å²) in [6, 6.07) is 9.24. The van der Waals surface area contributed by atoms with Crippen molar-refractivity contribution in [1.82, 2.24) is 4.90 Å². The molecule has 0 bridgehead atoms. The van der Waals surface area contributed by atoms with Gasteiger partial charge in [-0.25, -0.2) is 0 Å². The molecule has 1 aromatic carbocycles. The third kappa shape index (κ3) is 4.78. The molecule has 0 saturated heterocycles. The highest BCUT2D eigenvalue weighted by Crippen LogP contribution is 2.30.